The second kappa shape index (κ2) is 9.36. The number of rotatable bonds is 8. The first kappa shape index (κ1) is 20.7. The normalized spacial score (nSPS) is 10.9. The highest BCUT2D eigenvalue weighted by Crippen LogP contribution is 2.23. The molecule has 0 atom stereocenters. The van der Waals surface area contributed by atoms with Crippen molar-refractivity contribution in [3.8, 4) is 5.75 Å². The van der Waals surface area contributed by atoms with Crippen LogP contribution in [0, 0.1) is 17.0 Å². The molecule has 0 saturated carbocycles. The third-order valence-corrected chi connectivity index (χ3v) is 3.49. The Labute approximate surface area is 158 Å². The molecule has 2 aromatic rings. The Morgan fingerprint density at radius 2 is 1.96 bits per heavy atom. The van der Waals surface area contributed by atoms with Crippen LogP contribution in [0.3, 0.4) is 0 Å². The van der Waals surface area contributed by atoms with Gasteiger partial charge in [0.1, 0.15) is 5.75 Å². The van der Waals surface area contributed by atoms with E-state index >= 15 is 0 Å². The van der Waals surface area contributed by atoms with E-state index in [1.54, 1.807) is 13.0 Å². The summed E-state index contributed by atoms with van der Waals surface area (Å²) >= 11 is 0. The standard InChI is InChI=1S/C19H15F2NO6/c1-12-5-7-17(28-19(20)21)15(9-12)16(23)11-27-18(24)8-6-13-3-2-4-14(10-13)22(25)26/h2-10,19H,11H2,1H3/b8-6+. The number of hydrogen-bond donors (Lipinski definition) is 0. The van der Waals surface area contributed by atoms with E-state index in [-0.39, 0.29) is 17.0 Å². The SMILES string of the molecule is Cc1ccc(OC(F)F)c(C(=O)COC(=O)/C=C/c2cccc([N+](=O)[O-])c2)c1. The van der Waals surface area contributed by atoms with Crippen LogP contribution in [0.25, 0.3) is 6.08 Å². The third-order valence-electron chi connectivity index (χ3n) is 3.49. The predicted molar refractivity (Wildman–Crippen MR) is 95.2 cm³/mol. The number of esters is 1. The molecule has 0 saturated heterocycles. The van der Waals surface area contributed by atoms with Crippen LogP contribution in [0.2, 0.25) is 0 Å². The summed E-state index contributed by atoms with van der Waals surface area (Å²) in [5.41, 5.74) is 0.762. The van der Waals surface area contributed by atoms with E-state index in [1.165, 1.54) is 42.5 Å². The highest BCUT2D eigenvalue weighted by molar-refractivity contribution is 6.01. The summed E-state index contributed by atoms with van der Waals surface area (Å²) in [6.45, 7) is -2.12. The van der Waals surface area contributed by atoms with Crippen LogP contribution in [0.15, 0.2) is 48.5 Å². The molecule has 9 heteroatoms. The number of Topliss-reactive ketones (excluding diaryl/α,β-unsaturated/α-hetero) is 1. The topological polar surface area (TPSA) is 95.7 Å². The van der Waals surface area contributed by atoms with Gasteiger partial charge < -0.3 is 9.47 Å². The first-order valence-electron chi connectivity index (χ1n) is 7.94. The summed E-state index contributed by atoms with van der Waals surface area (Å²) in [6.07, 6.45) is 2.29. The number of carbonyl (C=O) groups is 2. The first-order chi connectivity index (χ1) is 13.3. The number of ether oxygens (including phenoxy) is 2. The molecule has 146 valence electrons. The lowest BCUT2D eigenvalue weighted by Crippen LogP contribution is -2.15. The van der Waals surface area contributed by atoms with Crippen molar-refractivity contribution in [2.45, 2.75) is 13.5 Å². The van der Waals surface area contributed by atoms with Crippen LogP contribution < -0.4 is 4.74 Å². The average molecular weight is 391 g/mol. The molecule has 0 bridgehead atoms. The van der Waals surface area contributed by atoms with E-state index in [9.17, 15) is 28.5 Å². The summed E-state index contributed by atoms with van der Waals surface area (Å²) in [5.74, 6) is -1.89. The maximum absolute atomic E-state index is 12.4. The summed E-state index contributed by atoms with van der Waals surface area (Å²) < 4.78 is 34.0. The predicted octanol–water partition coefficient (Wildman–Crippen LogP) is 3.94. The van der Waals surface area contributed by atoms with Crippen molar-refractivity contribution in [1.82, 2.24) is 0 Å². The number of nitro benzene ring substituents is 1. The van der Waals surface area contributed by atoms with E-state index < -0.39 is 29.9 Å². The van der Waals surface area contributed by atoms with E-state index in [0.717, 1.165) is 6.08 Å². The second-order valence-corrected chi connectivity index (χ2v) is 5.59. The minimum Gasteiger partial charge on any atom is -0.454 e. The fourth-order valence-electron chi connectivity index (χ4n) is 2.23. The minimum atomic E-state index is -3.10. The molecule has 28 heavy (non-hydrogen) atoms. The van der Waals surface area contributed by atoms with Gasteiger partial charge in [-0.1, -0.05) is 23.8 Å². The van der Waals surface area contributed by atoms with Gasteiger partial charge in [-0.05, 0) is 30.7 Å². The van der Waals surface area contributed by atoms with Crippen molar-refractivity contribution in [1.29, 1.82) is 0 Å². The van der Waals surface area contributed by atoms with E-state index in [1.807, 2.05) is 0 Å². The molecule has 2 rings (SSSR count). The van der Waals surface area contributed by atoms with Gasteiger partial charge in [-0.3, -0.25) is 14.9 Å². The Bertz CT molecular complexity index is 926. The number of carbonyl (C=O) groups excluding carboxylic acids is 2. The summed E-state index contributed by atoms with van der Waals surface area (Å²) in [5, 5.41) is 10.7. The van der Waals surface area contributed by atoms with Gasteiger partial charge in [0.2, 0.25) is 5.78 Å². The fraction of sp³-hybridized carbons (Fsp3) is 0.158. The number of ketones is 1. The van der Waals surface area contributed by atoms with Crippen LogP contribution in [0.1, 0.15) is 21.5 Å². The van der Waals surface area contributed by atoms with Gasteiger partial charge in [0.25, 0.3) is 5.69 Å². The maximum Gasteiger partial charge on any atom is 0.387 e. The molecule has 0 N–H and O–H groups in total. The Hall–Kier alpha value is -3.62. The third kappa shape index (κ3) is 5.97. The highest BCUT2D eigenvalue weighted by atomic mass is 19.3. The molecule has 0 aliphatic heterocycles. The number of nitrogens with zero attached hydrogens (tertiary/aromatic N) is 1. The minimum absolute atomic E-state index is 0.129. The molecule has 0 fully saturated rings. The monoisotopic (exact) mass is 391 g/mol. The van der Waals surface area contributed by atoms with Gasteiger partial charge in [0, 0.05) is 18.2 Å². The molecule has 0 aliphatic rings. The molecule has 0 unspecified atom stereocenters. The number of non-ortho nitro benzene ring substituents is 1. The zero-order valence-electron chi connectivity index (χ0n) is 14.6. The molecule has 7 nitrogen and oxygen atoms in total. The van der Waals surface area contributed by atoms with Crippen molar-refractivity contribution in [2.75, 3.05) is 6.61 Å². The van der Waals surface area contributed by atoms with Gasteiger partial charge >= 0.3 is 12.6 Å². The summed E-state index contributed by atoms with van der Waals surface area (Å²) in [4.78, 5) is 34.1. The van der Waals surface area contributed by atoms with Gasteiger partial charge in [-0.15, -0.1) is 0 Å². The molecule has 0 aliphatic carbocycles. The number of alkyl halides is 2. The number of aryl methyl sites for hydroxylation is 1. The molecule has 0 amide bonds. The summed E-state index contributed by atoms with van der Waals surface area (Å²) in [7, 11) is 0. The lowest BCUT2D eigenvalue weighted by atomic mass is 10.1. The Morgan fingerprint density at radius 3 is 2.64 bits per heavy atom. The number of hydrogen-bond acceptors (Lipinski definition) is 6. The van der Waals surface area contributed by atoms with Crippen molar-refractivity contribution in [2.24, 2.45) is 0 Å². The smallest absolute Gasteiger partial charge is 0.387 e. The van der Waals surface area contributed by atoms with Crippen molar-refractivity contribution >= 4 is 23.5 Å². The number of benzene rings is 2. The quantitative estimate of drug-likeness (QED) is 0.222. The Kier molecular flexibility index (Phi) is 6.91. The van der Waals surface area contributed by atoms with Crippen molar-refractivity contribution < 1.29 is 32.8 Å². The first-order valence-corrected chi connectivity index (χ1v) is 7.94. The Balaban J connectivity index is 2.01. The lowest BCUT2D eigenvalue weighted by Gasteiger charge is -2.10. The van der Waals surface area contributed by atoms with Crippen LogP contribution >= 0.6 is 0 Å². The van der Waals surface area contributed by atoms with E-state index in [4.69, 9.17) is 4.74 Å². The Morgan fingerprint density at radius 1 is 1.21 bits per heavy atom. The molecule has 0 radical (unpaired) electrons. The van der Waals surface area contributed by atoms with Crippen LogP contribution in [0.5, 0.6) is 5.75 Å². The number of halogens is 2. The zero-order valence-corrected chi connectivity index (χ0v) is 14.6. The fourth-order valence-corrected chi connectivity index (χ4v) is 2.23. The van der Waals surface area contributed by atoms with Crippen LogP contribution in [0.4, 0.5) is 14.5 Å². The molecular weight excluding hydrogens is 376 g/mol. The summed E-state index contributed by atoms with van der Waals surface area (Å²) in [6, 6.07) is 9.65. The van der Waals surface area contributed by atoms with Crippen LogP contribution in [-0.2, 0) is 9.53 Å². The molecular formula is C19H15F2NO6. The van der Waals surface area contributed by atoms with E-state index in [2.05, 4.69) is 4.74 Å². The van der Waals surface area contributed by atoms with Crippen LogP contribution in [-0.4, -0.2) is 29.9 Å². The highest BCUT2D eigenvalue weighted by Gasteiger charge is 2.17. The lowest BCUT2D eigenvalue weighted by molar-refractivity contribution is -0.384. The number of nitro groups is 1. The molecule has 0 heterocycles. The zero-order chi connectivity index (χ0) is 20.7. The van der Waals surface area contributed by atoms with Crippen molar-refractivity contribution in [3.63, 3.8) is 0 Å². The molecule has 0 aromatic heterocycles. The van der Waals surface area contributed by atoms with Gasteiger partial charge in [-0.25, -0.2) is 4.79 Å². The van der Waals surface area contributed by atoms with Crippen molar-refractivity contribution in [3.05, 3.63) is 75.3 Å². The molecule has 0 spiro atoms. The second-order valence-electron chi connectivity index (χ2n) is 5.59. The maximum atomic E-state index is 12.4. The molecule has 2 aromatic carbocycles. The largest absolute Gasteiger partial charge is 0.454 e. The van der Waals surface area contributed by atoms with Gasteiger partial charge in [-0.2, -0.15) is 8.78 Å². The van der Waals surface area contributed by atoms with Gasteiger partial charge in [0.15, 0.2) is 6.61 Å². The van der Waals surface area contributed by atoms with E-state index in [0.29, 0.717) is 11.1 Å². The van der Waals surface area contributed by atoms with Gasteiger partial charge in [0.05, 0.1) is 10.5 Å². The average Bonchev–Trinajstić information content (AvgIpc) is 2.65.